The zero-order chi connectivity index (χ0) is 93.7. The lowest BCUT2D eigenvalue weighted by atomic mass is 9.93. The number of amides is 13. The van der Waals surface area contributed by atoms with E-state index in [1.165, 1.54) is 45.1 Å². The zero-order valence-electron chi connectivity index (χ0n) is 72.2. The maximum absolute atomic E-state index is 14.8. The summed E-state index contributed by atoms with van der Waals surface area (Å²) in [4.78, 5) is 230. The molecule has 127 heavy (non-hydrogen) atoms. The molecular formula is C84H120N16O24S3. The first-order valence-corrected chi connectivity index (χ1v) is 45.3. The third kappa shape index (κ3) is 39.8. The number of carboxylic acid groups (broad SMARTS) is 4. The number of likely N-dealkylation sites (tertiary alicyclic amines) is 1. The first-order valence-electron chi connectivity index (χ1n) is 41.9. The number of nitrogens with zero attached hydrogens (tertiary/aromatic N) is 3. The highest BCUT2D eigenvalue weighted by atomic mass is 33.1. The van der Waals surface area contributed by atoms with Crippen LogP contribution in [0.2, 0.25) is 0 Å². The normalized spacial score (nSPS) is 15.1. The SMILES string of the molecule is CCCC(=O)OCN(C(=O)[C@@H](NC(=O)[C@H]1CCCCN1C)C(C)CC)[C@H](CCc1nc(C(=O)N[C@@H](Cc2ccc(O)cc2)C[C@H](C)C(=O)NNC(=O)OCCSSCCNC(=O)[C@H](CC(=O)O)NC(=O)[C@@H](N)CNC(=O)[C@H](Cc2ccccc2)NC(=O)[C@H](Cc2ccccc2)NC(=O)CCNC(=O)CC[C@H](NC(=O)N[C@@H](CCC(=O)O)C(=O)O)C(=O)O)cs1)C(C)C. The molecule has 3 aromatic carbocycles. The highest BCUT2D eigenvalue weighted by molar-refractivity contribution is 8.76. The maximum atomic E-state index is 14.8. The van der Waals surface area contributed by atoms with Gasteiger partial charge in [-0.1, -0.05) is 149 Å². The minimum absolute atomic E-state index is 0.0194. The highest BCUT2D eigenvalue weighted by Gasteiger charge is 2.39. The number of ether oxygens (including phenoxy) is 2. The summed E-state index contributed by atoms with van der Waals surface area (Å²) in [6, 6.07) is 10.2. The van der Waals surface area contributed by atoms with Gasteiger partial charge in [-0.3, -0.25) is 72.7 Å². The Hall–Kier alpha value is -11.7. The fraction of sp³-hybridized carbons (Fsp3) is 0.548. The fourth-order valence-corrected chi connectivity index (χ4v) is 15.8. The maximum Gasteiger partial charge on any atom is 0.426 e. The number of piperidine rings is 1. The molecule has 40 nitrogen and oxygen atoms in total. The molecule has 1 unspecified atom stereocenters. The molecule has 1 aliphatic rings. The number of hydrazine groups is 1. The van der Waals surface area contributed by atoms with Crippen LogP contribution in [0.15, 0.2) is 90.3 Å². The topological polar surface area (TPSA) is 600 Å². The third-order valence-corrected chi connectivity index (χ3v) is 23.8. The number of benzene rings is 3. The minimum Gasteiger partial charge on any atom is -0.508 e. The van der Waals surface area contributed by atoms with Gasteiger partial charge in [-0.15, -0.1) is 11.3 Å². The van der Waals surface area contributed by atoms with Crippen molar-refractivity contribution in [3.8, 4) is 5.75 Å². The van der Waals surface area contributed by atoms with E-state index in [2.05, 4.69) is 58.4 Å². The molecule has 12 atom stereocenters. The van der Waals surface area contributed by atoms with Crippen molar-refractivity contribution in [2.75, 3.05) is 58.1 Å². The van der Waals surface area contributed by atoms with Crippen molar-refractivity contribution in [1.82, 2.24) is 78.8 Å². The second-order valence-corrected chi connectivity index (χ2v) is 34.6. The predicted molar refractivity (Wildman–Crippen MR) is 468 cm³/mol. The number of aromatic nitrogens is 1. The van der Waals surface area contributed by atoms with Crippen molar-refractivity contribution in [2.24, 2.45) is 23.5 Å². The molecule has 0 bridgehead atoms. The van der Waals surface area contributed by atoms with Gasteiger partial charge in [0.1, 0.15) is 60.3 Å². The van der Waals surface area contributed by atoms with Gasteiger partial charge in [0.2, 0.25) is 53.2 Å². The molecule has 1 aromatic heterocycles. The minimum atomic E-state index is -1.69. The number of nitrogens with two attached hydrogens (primary N) is 1. The second-order valence-electron chi connectivity index (χ2n) is 30.9. The number of hydrogen-bond acceptors (Lipinski definition) is 26. The number of urea groups is 1. The summed E-state index contributed by atoms with van der Waals surface area (Å²) in [5, 5.41) is 74.9. The number of carbonyl (C=O) groups is 17. The summed E-state index contributed by atoms with van der Waals surface area (Å²) in [6.07, 6.45) is 0.242. The number of esters is 1. The van der Waals surface area contributed by atoms with Gasteiger partial charge in [-0.2, -0.15) is 0 Å². The molecule has 19 N–H and O–H groups in total. The van der Waals surface area contributed by atoms with E-state index in [4.69, 9.17) is 20.3 Å². The molecule has 0 aliphatic carbocycles. The van der Waals surface area contributed by atoms with Crippen LogP contribution in [0.1, 0.15) is 164 Å². The molecule has 698 valence electrons. The first-order chi connectivity index (χ1) is 60.4. The van der Waals surface area contributed by atoms with Crippen molar-refractivity contribution >= 4 is 134 Å². The van der Waals surface area contributed by atoms with E-state index in [9.17, 15) is 102 Å². The van der Waals surface area contributed by atoms with Crippen LogP contribution in [0.25, 0.3) is 0 Å². The molecule has 1 fully saturated rings. The number of aryl methyl sites for hydroxylation is 1. The fourth-order valence-electron chi connectivity index (χ4n) is 13.3. The molecule has 4 aromatic rings. The monoisotopic (exact) mass is 1830 g/mol. The molecule has 13 amide bonds. The van der Waals surface area contributed by atoms with Gasteiger partial charge in [-0.25, -0.2) is 29.6 Å². The molecule has 0 saturated carbocycles. The van der Waals surface area contributed by atoms with Crippen LogP contribution in [0.4, 0.5) is 9.59 Å². The predicted octanol–water partition coefficient (Wildman–Crippen LogP) is 2.79. The Morgan fingerprint density at radius 3 is 1.80 bits per heavy atom. The molecule has 5 rings (SSSR count). The lowest BCUT2D eigenvalue weighted by molar-refractivity contribution is -0.159. The number of aromatic hydroxyl groups is 1. The number of aliphatic carboxylic acids is 4. The summed E-state index contributed by atoms with van der Waals surface area (Å²) in [6.45, 7) is 10.6. The molecule has 1 aliphatic heterocycles. The number of carbonyl (C=O) groups excluding carboxylic acids is 13. The van der Waals surface area contributed by atoms with E-state index in [0.717, 1.165) is 24.9 Å². The van der Waals surface area contributed by atoms with E-state index in [1.54, 1.807) is 90.0 Å². The Morgan fingerprint density at radius 1 is 0.598 bits per heavy atom. The molecule has 0 radical (unpaired) electrons. The van der Waals surface area contributed by atoms with Crippen LogP contribution in [-0.2, 0) is 102 Å². The molecular weight excluding hydrogens is 1710 g/mol. The zero-order valence-corrected chi connectivity index (χ0v) is 74.6. The van der Waals surface area contributed by atoms with Crippen LogP contribution in [0, 0.1) is 17.8 Å². The van der Waals surface area contributed by atoms with Crippen molar-refractivity contribution in [3.63, 3.8) is 0 Å². The molecule has 0 spiro atoms. The molecule has 1 saturated heterocycles. The van der Waals surface area contributed by atoms with Gasteiger partial charge in [0.15, 0.2) is 6.73 Å². The van der Waals surface area contributed by atoms with Gasteiger partial charge in [-0.05, 0) is 106 Å². The van der Waals surface area contributed by atoms with Crippen LogP contribution in [0.5, 0.6) is 5.75 Å². The summed E-state index contributed by atoms with van der Waals surface area (Å²) in [5.41, 5.74) is 12.7. The van der Waals surface area contributed by atoms with Gasteiger partial charge in [0.25, 0.3) is 5.91 Å². The third-order valence-electron chi connectivity index (χ3n) is 20.5. The smallest absolute Gasteiger partial charge is 0.426 e. The molecule has 43 heteroatoms. The number of rotatable bonds is 56. The Morgan fingerprint density at radius 2 is 1.20 bits per heavy atom. The van der Waals surface area contributed by atoms with E-state index >= 15 is 0 Å². The van der Waals surface area contributed by atoms with E-state index in [-0.39, 0.29) is 111 Å². The van der Waals surface area contributed by atoms with Crippen LogP contribution < -0.4 is 69.8 Å². The number of nitrogens with one attached hydrogen (secondary N) is 12. The summed E-state index contributed by atoms with van der Waals surface area (Å²) in [5.74, 6) is -13.9. The number of likely N-dealkylation sites (N-methyl/N-ethyl adjacent to an activating group) is 1. The van der Waals surface area contributed by atoms with Gasteiger partial charge < -0.3 is 98.8 Å². The average Bonchev–Trinajstić information content (AvgIpc) is 1.39. The largest absolute Gasteiger partial charge is 0.508 e. The van der Waals surface area contributed by atoms with E-state index in [0.29, 0.717) is 48.2 Å². The first kappa shape index (κ1) is 106. The van der Waals surface area contributed by atoms with E-state index < -0.39 is 195 Å². The van der Waals surface area contributed by atoms with Crippen LogP contribution in [0.3, 0.4) is 0 Å². The highest BCUT2D eigenvalue weighted by Crippen LogP contribution is 2.26. The number of phenols is 1. The van der Waals surface area contributed by atoms with Gasteiger partial charge in [0.05, 0.1) is 17.5 Å². The number of phenolic OH excluding ortho intramolecular Hbond substituents is 1. The Kier molecular flexibility index (Phi) is 47.0. The van der Waals surface area contributed by atoms with Crippen molar-refractivity contribution in [2.45, 2.75) is 218 Å². The number of thiazole rings is 1. The molecule has 2 heterocycles. The quantitative estimate of drug-likeness (QED) is 0.00993. The van der Waals surface area contributed by atoms with E-state index in [1.807, 2.05) is 57.2 Å². The standard InChI is InChI=1S/C84H120N16O24S3/c1-8-18-71(108)124-48-100(80(116)72(50(5)9-2)96-79(115)65-23-16-17-37-99(65)7)64(49(3)4)30-32-68-91-63(47-125-68)78(114)89-55(42-54-24-26-56(101)27-25-54)41-51(6)73(109)97-98-84(122)123-38-40-127-126-39-36-87-75(111)62(45-70(106)107)92-74(110)57(85)46-88-76(112)60(43-52-19-12-10-13-20-52)93-77(113)61(44-53-21-14-11-15-22-53)90-67(103)34-35-86-66(102)31-28-58(81(117)118)94-83(121)95-59(82(119)120)29-33-69(104)105/h10-15,19-22,24-27,47,49-51,55,57-62,64-65,72,101H,8-9,16-18,23,28-46,48,85H2,1-7H3,(H,86,102)(H,87,111)(H,88,112)(H,89,114)(H,90,103)(H,92,110)(H,93,113)(H,96,115)(H,97,109)(H,98,122)(H,104,105)(H,106,107)(H,117,118)(H,119,120)(H2,94,95,121)/t50?,51-,55+,57-,58-,59-,60-,61-,62-,64+,65+,72-/m0/s1. The number of hydrogen-bond donors (Lipinski definition) is 18. The summed E-state index contributed by atoms with van der Waals surface area (Å²) >= 11 is 1.25. The lowest BCUT2D eigenvalue weighted by Crippen LogP contribution is -2.59. The van der Waals surface area contributed by atoms with Crippen molar-refractivity contribution in [3.05, 3.63) is 118 Å². The summed E-state index contributed by atoms with van der Waals surface area (Å²) in [7, 11) is 4.39. The van der Waals surface area contributed by atoms with Crippen molar-refractivity contribution in [1.29, 1.82) is 0 Å². The average molecular weight is 1830 g/mol. The second kappa shape index (κ2) is 56.4. The Balaban J connectivity index is 1.07. The van der Waals surface area contributed by atoms with Gasteiger partial charge >= 0.3 is 42.0 Å². The van der Waals surface area contributed by atoms with Crippen LogP contribution >= 0.6 is 32.9 Å². The van der Waals surface area contributed by atoms with Crippen LogP contribution in [-0.4, -0.2) is 260 Å². The number of carboxylic acids is 4. The Bertz CT molecular complexity index is 4310. The van der Waals surface area contributed by atoms with Gasteiger partial charge in [0, 0.05) is 99.5 Å². The summed E-state index contributed by atoms with van der Waals surface area (Å²) < 4.78 is 10.9. The Labute approximate surface area is 747 Å². The van der Waals surface area contributed by atoms with Crippen molar-refractivity contribution < 1.29 is 117 Å². The lowest BCUT2D eigenvalue weighted by Gasteiger charge is -2.39.